The Kier molecular flexibility index (Phi) is 5.92. The molecule has 9 nitrogen and oxygen atoms in total. The van der Waals surface area contributed by atoms with Crippen LogP contribution in [0, 0.1) is 5.82 Å². The highest BCUT2D eigenvalue weighted by molar-refractivity contribution is 5.81. The number of aryl methyl sites for hydroxylation is 1. The number of benzene rings is 2. The number of aromatic amines is 1. The lowest BCUT2D eigenvalue weighted by Gasteiger charge is -2.08. The van der Waals surface area contributed by atoms with E-state index in [1.165, 1.54) is 18.2 Å². The van der Waals surface area contributed by atoms with E-state index in [2.05, 4.69) is 35.5 Å². The molecule has 2 aromatic carbocycles. The molecule has 0 spiro atoms. The van der Waals surface area contributed by atoms with Gasteiger partial charge in [-0.2, -0.15) is 5.10 Å². The number of imidazole rings is 1. The molecule has 4 heterocycles. The Morgan fingerprint density at radius 3 is 2.63 bits per heavy atom. The minimum Gasteiger partial charge on any atom is -0.457 e. The van der Waals surface area contributed by atoms with E-state index in [0.29, 0.717) is 51.6 Å². The zero-order chi connectivity index (χ0) is 26.1. The third-order valence-electron chi connectivity index (χ3n) is 5.87. The second-order valence-electron chi connectivity index (χ2n) is 8.42. The average Bonchev–Trinajstić information content (AvgIpc) is 3.56. The molecule has 0 atom stereocenters. The Balaban J connectivity index is 1.24. The third kappa shape index (κ3) is 4.52. The van der Waals surface area contributed by atoms with Gasteiger partial charge in [0.2, 0.25) is 5.95 Å². The van der Waals surface area contributed by atoms with Gasteiger partial charge < -0.3 is 14.6 Å². The van der Waals surface area contributed by atoms with Gasteiger partial charge in [-0.15, -0.1) is 0 Å². The van der Waals surface area contributed by atoms with E-state index < -0.39 is 12.5 Å². The summed E-state index contributed by atoms with van der Waals surface area (Å²) >= 11 is 0. The van der Waals surface area contributed by atoms with Gasteiger partial charge in [0.1, 0.15) is 35.4 Å². The molecular formula is C27H20F2N8O. The number of nitrogens with zero attached hydrogens (tertiary/aromatic N) is 6. The molecule has 0 bridgehead atoms. The van der Waals surface area contributed by atoms with Gasteiger partial charge in [-0.1, -0.05) is 12.1 Å². The fraction of sp³-hybridized carbons (Fsp3) is 0.0741. The number of alkyl halides is 1. The maximum Gasteiger partial charge on any atom is 0.208 e. The molecule has 188 valence electrons. The number of pyridine rings is 2. The van der Waals surface area contributed by atoms with Crippen LogP contribution in [0.25, 0.3) is 34.1 Å². The van der Waals surface area contributed by atoms with Crippen LogP contribution in [0.3, 0.4) is 0 Å². The molecule has 0 aliphatic carbocycles. The predicted molar refractivity (Wildman–Crippen MR) is 138 cm³/mol. The van der Waals surface area contributed by atoms with Crippen LogP contribution in [0.2, 0.25) is 0 Å². The molecule has 6 rings (SSSR count). The van der Waals surface area contributed by atoms with Crippen molar-refractivity contribution in [3.63, 3.8) is 0 Å². The molecule has 0 aliphatic heterocycles. The molecule has 0 radical (unpaired) electrons. The zero-order valence-electron chi connectivity index (χ0n) is 20.1. The van der Waals surface area contributed by atoms with Crippen LogP contribution in [-0.4, -0.2) is 34.7 Å². The van der Waals surface area contributed by atoms with Gasteiger partial charge in [0.25, 0.3) is 0 Å². The van der Waals surface area contributed by atoms with Crippen molar-refractivity contribution in [3.05, 3.63) is 90.5 Å². The van der Waals surface area contributed by atoms with E-state index in [-0.39, 0.29) is 5.69 Å². The summed E-state index contributed by atoms with van der Waals surface area (Å²) in [4.78, 5) is 17.7. The first-order valence-electron chi connectivity index (χ1n) is 11.6. The van der Waals surface area contributed by atoms with Crippen LogP contribution < -0.4 is 10.1 Å². The second-order valence-corrected chi connectivity index (χ2v) is 8.42. The fourth-order valence-electron chi connectivity index (χ4n) is 3.95. The molecule has 0 saturated carbocycles. The van der Waals surface area contributed by atoms with Crippen LogP contribution in [0.5, 0.6) is 11.5 Å². The Morgan fingerprint density at radius 1 is 0.921 bits per heavy atom. The summed E-state index contributed by atoms with van der Waals surface area (Å²) in [5, 5.41) is 10.1. The van der Waals surface area contributed by atoms with Gasteiger partial charge in [0.15, 0.2) is 11.6 Å². The van der Waals surface area contributed by atoms with Gasteiger partial charge in [-0.25, -0.2) is 18.7 Å². The number of ether oxygens (including phenoxy) is 1. The van der Waals surface area contributed by atoms with Crippen molar-refractivity contribution in [1.29, 1.82) is 0 Å². The monoisotopic (exact) mass is 510 g/mol. The smallest absolute Gasteiger partial charge is 0.208 e. The molecule has 0 amide bonds. The number of aromatic nitrogens is 7. The minimum atomic E-state index is -0.684. The van der Waals surface area contributed by atoms with Crippen molar-refractivity contribution < 1.29 is 13.5 Å². The fourth-order valence-corrected chi connectivity index (χ4v) is 3.95. The number of hydrogen-bond acceptors (Lipinski definition) is 7. The maximum absolute atomic E-state index is 14.3. The molecule has 11 heteroatoms. The van der Waals surface area contributed by atoms with Gasteiger partial charge in [0, 0.05) is 31.6 Å². The summed E-state index contributed by atoms with van der Waals surface area (Å²) in [7, 11) is 1.81. The lowest BCUT2D eigenvalue weighted by molar-refractivity contribution is 0.483. The molecule has 2 N–H and O–H groups in total. The number of anilines is 2. The summed E-state index contributed by atoms with van der Waals surface area (Å²) in [5.74, 6) is 1.96. The first-order valence-corrected chi connectivity index (χ1v) is 11.6. The highest BCUT2D eigenvalue weighted by Gasteiger charge is 2.14. The van der Waals surface area contributed by atoms with Crippen molar-refractivity contribution in [2.24, 2.45) is 7.05 Å². The topological polar surface area (TPSA) is 106 Å². The number of H-pyrrole nitrogens is 1. The van der Waals surface area contributed by atoms with Crippen molar-refractivity contribution in [1.82, 2.24) is 34.7 Å². The first-order chi connectivity index (χ1) is 18.6. The Labute approximate surface area is 215 Å². The molecule has 4 aromatic heterocycles. The first kappa shape index (κ1) is 23.2. The van der Waals surface area contributed by atoms with Gasteiger partial charge in [-0.05, 0) is 48.0 Å². The maximum atomic E-state index is 14.3. The molecule has 0 fully saturated rings. The molecular weight excluding hydrogens is 490 g/mol. The van der Waals surface area contributed by atoms with Crippen LogP contribution >= 0.6 is 0 Å². The second kappa shape index (κ2) is 9.69. The van der Waals surface area contributed by atoms with E-state index in [1.54, 1.807) is 42.2 Å². The van der Waals surface area contributed by atoms with Crippen LogP contribution in [-0.2, 0) is 13.7 Å². The quantitative estimate of drug-likeness (QED) is 0.273. The summed E-state index contributed by atoms with van der Waals surface area (Å²) in [6.07, 6.45) is 3.30. The van der Waals surface area contributed by atoms with E-state index in [4.69, 9.17) is 4.74 Å². The lowest BCUT2D eigenvalue weighted by Crippen LogP contribution is -2.01. The van der Waals surface area contributed by atoms with Gasteiger partial charge in [-0.3, -0.25) is 15.1 Å². The van der Waals surface area contributed by atoms with Crippen LogP contribution in [0.4, 0.5) is 20.4 Å². The Bertz CT molecular complexity index is 1750. The average molecular weight is 511 g/mol. The molecule has 38 heavy (non-hydrogen) atoms. The van der Waals surface area contributed by atoms with Crippen LogP contribution in [0.1, 0.15) is 5.56 Å². The van der Waals surface area contributed by atoms with E-state index in [0.717, 1.165) is 5.52 Å². The zero-order valence-corrected chi connectivity index (χ0v) is 20.1. The lowest BCUT2D eigenvalue weighted by atomic mass is 10.2. The van der Waals surface area contributed by atoms with Crippen LogP contribution in [0.15, 0.2) is 79.1 Å². The standard InChI is InChI=1S/C27H20F2N8O/c1-37-24-8-6-17(13-22(24)33-27(37)32-21-12-16(15-28)5-7-19(21)29)38-18-9-11-31-23(14-18)26-34-25(35-36-26)20-4-2-3-10-30-20/h2-14H,15H2,1H3,(H,32,33)(H,34,35,36). The Morgan fingerprint density at radius 2 is 1.79 bits per heavy atom. The van der Waals surface area contributed by atoms with E-state index >= 15 is 0 Å². The van der Waals surface area contributed by atoms with Gasteiger partial charge in [0.05, 0.1) is 16.7 Å². The third-order valence-corrected chi connectivity index (χ3v) is 5.87. The Hall–Kier alpha value is -5.19. The predicted octanol–water partition coefficient (Wildman–Crippen LogP) is 5.96. The summed E-state index contributed by atoms with van der Waals surface area (Å²) in [5.41, 5.74) is 3.18. The summed E-state index contributed by atoms with van der Waals surface area (Å²) in [6, 6.07) is 18.5. The number of fused-ring (bicyclic) bond motifs is 1. The minimum absolute atomic E-state index is 0.151. The number of halogens is 2. The normalized spacial score (nSPS) is 11.1. The highest BCUT2D eigenvalue weighted by atomic mass is 19.1. The number of nitrogens with one attached hydrogen (secondary N) is 2. The summed E-state index contributed by atoms with van der Waals surface area (Å²) < 4.78 is 35.2. The highest BCUT2D eigenvalue weighted by Crippen LogP contribution is 2.30. The van der Waals surface area contributed by atoms with Gasteiger partial charge >= 0.3 is 0 Å². The number of rotatable bonds is 7. The van der Waals surface area contributed by atoms with Crippen molar-refractivity contribution in [2.45, 2.75) is 6.67 Å². The van der Waals surface area contributed by atoms with Crippen molar-refractivity contribution >= 4 is 22.7 Å². The van der Waals surface area contributed by atoms with Crippen molar-refractivity contribution in [2.75, 3.05) is 5.32 Å². The molecule has 0 aliphatic rings. The number of hydrogen-bond donors (Lipinski definition) is 2. The summed E-state index contributed by atoms with van der Waals surface area (Å²) in [6.45, 7) is -0.684. The SMILES string of the molecule is Cn1c(Nc2cc(CF)ccc2F)nc2cc(Oc3ccnc(-c4nc(-c5ccccn5)n[nH]4)c3)ccc21. The largest absolute Gasteiger partial charge is 0.457 e. The molecule has 6 aromatic rings. The van der Waals surface area contributed by atoms with Crippen molar-refractivity contribution in [3.8, 4) is 34.5 Å². The molecule has 0 unspecified atom stereocenters. The molecule has 0 saturated heterocycles. The van der Waals surface area contributed by atoms with E-state index in [1.807, 2.05) is 30.3 Å². The van der Waals surface area contributed by atoms with E-state index in [9.17, 15) is 8.78 Å².